The van der Waals surface area contributed by atoms with Crippen molar-refractivity contribution in [3.8, 4) is 11.4 Å². The highest BCUT2D eigenvalue weighted by Gasteiger charge is 2.30. The number of nitrogens with one attached hydrogen (secondary N) is 1. The molecule has 1 aliphatic heterocycles. The number of aryl methyl sites for hydroxylation is 1. The van der Waals surface area contributed by atoms with Crippen LogP contribution in [0.2, 0.25) is 0 Å². The third-order valence-corrected chi connectivity index (χ3v) is 5.87. The number of carbonyl (C=O) groups excluding carboxylic acids is 2. The first-order valence-corrected chi connectivity index (χ1v) is 10.8. The fourth-order valence-electron chi connectivity index (χ4n) is 3.92. The van der Waals surface area contributed by atoms with Gasteiger partial charge in [-0.25, -0.2) is 9.07 Å². The highest BCUT2D eigenvalue weighted by molar-refractivity contribution is 6.39. The summed E-state index contributed by atoms with van der Waals surface area (Å²) in [4.78, 5) is 27.2. The lowest BCUT2D eigenvalue weighted by Crippen LogP contribution is -2.43. The molecule has 8 heteroatoms. The van der Waals surface area contributed by atoms with Crippen molar-refractivity contribution in [2.45, 2.75) is 46.1 Å². The summed E-state index contributed by atoms with van der Waals surface area (Å²) in [5.74, 6) is -1.68. The van der Waals surface area contributed by atoms with Crippen molar-refractivity contribution in [2.75, 3.05) is 11.9 Å². The molecule has 0 bridgehead atoms. The van der Waals surface area contributed by atoms with Crippen LogP contribution in [0.3, 0.4) is 0 Å². The summed E-state index contributed by atoms with van der Waals surface area (Å²) >= 11 is 0. The lowest BCUT2D eigenvalue weighted by Gasteiger charge is -2.29. The molecule has 0 saturated heterocycles. The van der Waals surface area contributed by atoms with E-state index in [1.165, 1.54) is 17.0 Å². The second-order valence-corrected chi connectivity index (χ2v) is 9.32. The molecule has 0 fully saturated rings. The zero-order valence-electron chi connectivity index (χ0n) is 19.1. The smallest absolute Gasteiger partial charge is 0.315 e. The van der Waals surface area contributed by atoms with E-state index in [2.05, 4.69) is 5.32 Å². The molecule has 33 heavy (non-hydrogen) atoms. The van der Waals surface area contributed by atoms with Crippen LogP contribution < -0.4 is 5.32 Å². The largest absolute Gasteiger partial charge is 0.508 e. The van der Waals surface area contributed by atoms with Crippen LogP contribution in [0.5, 0.6) is 5.75 Å². The number of nitrogens with zero attached hydrogens (tertiary/aromatic N) is 3. The number of para-hydroxylation sites is 1. The number of hydrogen-bond acceptors (Lipinski definition) is 4. The Balaban J connectivity index is 1.61. The van der Waals surface area contributed by atoms with E-state index in [4.69, 9.17) is 5.10 Å². The van der Waals surface area contributed by atoms with Crippen molar-refractivity contribution >= 4 is 17.6 Å². The molecule has 1 aromatic heterocycles. The van der Waals surface area contributed by atoms with Gasteiger partial charge in [0.2, 0.25) is 0 Å². The lowest BCUT2D eigenvalue weighted by molar-refractivity contribution is -0.143. The molecule has 4 rings (SSSR count). The van der Waals surface area contributed by atoms with Crippen LogP contribution in [0.4, 0.5) is 10.2 Å². The number of amides is 2. The van der Waals surface area contributed by atoms with Crippen molar-refractivity contribution in [2.24, 2.45) is 0 Å². The fraction of sp³-hybridized carbons (Fsp3) is 0.320. The van der Waals surface area contributed by atoms with E-state index in [1.54, 1.807) is 10.7 Å². The van der Waals surface area contributed by atoms with Crippen LogP contribution in [0.1, 0.15) is 43.2 Å². The van der Waals surface area contributed by atoms with E-state index >= 15 is 0 Å². The number of phenols is 1. The molecule has 172 valence electrons. The van der Waals surface area contributed by atoms with Crippen LogP contribution in [0, 0.1) is 12.7 Å². The highest BCUT2D eigenvalue weighted by Crippen LogP contribution is 2.30. The Morgan fingerprint density at radius 3 is 2.55 bits per heavy atom. The fourth-order valence-corrected chi connectivity index (χ4v) is 3.92. The maximum Gasteiger partial charge on any atom is 0.315 e. The highest BCUT2D eigenvalue weighted by atomic mass is 19.1. The molecule has 2 aromatic carbocycles. The van der Waals surface area contributed by atoms with Gasteiger partial charge in [0.15, 0.2) is 0 Å². The SMILES string of the molecule is Cc1ccccc1-n1nc(C(C)(C)C)cc1NC(=O)C(=O)N1CCc2c(F)ccc(O)c2C1. The van der Waals surface area contributed by atoms with Crippen LogP contribution in [-0.4, -0.2) is 38.1 Å². The minimum absolute atomic E-state index is 0.0323. The molecule has 1 aliphatic rings. The number of rotatable bonds is 2. The molecular weight excluding hydrogens is 423 g/mol. The summed E-state index contributed by atoms with van der Waals surface area (Å²) < 4.78 is 15.7. The number of hydrogen-bond donors (Lipinski definition) is 2. The summed E-state index contributed by atoms with van der Waals surface area (Å²) in [7, 11) is 0. The molecule has 3 aromatic rings. The molecule has 2 N–H and O–H groups in total. The number of benzene rings is 2. The predicted octanol–water partition coefficient (Wildman–Crippen LogP) is 3.85. The normalized spacial score (nSPS) is 13.5. The summed E-state index contributed by atoms with van der Waals surface area (Å²) in [6.45, 7) is 8.15. The van der Waals surface area contributed by atoms with Gasteiger partial charge in [-0.05, 0) is 42.7 Å². The Morgan fingerprint density at radius 1 is 1.12 bits per heavy atom. The first-order valence-electron chi connectivity index (χ1n) is 10.8. The summed E-state index contributed by atoms with van der Waals surface area (Å²) in [6.07, 6.45) is 0.226. The minimum atomic E-state index is -0.815. The number of halogens is 1. The van der Waals surface area contributed by atoms with Gasteiger partial charge in [-0.2, -0.15) is 5.10 Å². The zero-order chi connectivity index (χ0) is 23.9. The summed E-state index contributed by atoms with van der Waals surface area (Å²) in [5.41, 5.74) is 2.97. The summed E-state index contributed by atoms with van der Waals surface area (Å²) in [5, 5.41) is 17.5. The van der Waals surface area contributed by atoms with E-state index in [9.17, 15) is 19.1 Å². The van der Waals surface area contributed by atoms with Gasteiger partial charge in [-0.1, -0.05) is 39.0 Å². The summed E-state index contributed by atoms with van der Waals surface area (Å²) in [6, 6.07) is 11.9. The van der Waals surface area contributed by atoms with Gasteiger partial charge in [0.05, 0.1) is 17.9 Å². The first-order chi connectivity index (χ1) is 15.6. The van der Waals surface area contributed by atoms with Crippen LogP contribution >= 0.6 is 0 Å². The van der Waals surface area contributed by atoms with Crippen LogP contribution in [-0.2, 0) is 28.0 Å². The quantitative estimate of drug-likeness (QED) is 0.581. The van der Waals surface area contributed by atoms with Crippen molar-refractivity contribution in [1.29, 1.82) is 0 Å². The van der Waals surface area contributed by atoms with Crippen molar-refractivity contribution in [3.63, 3.8) is 0 Å². The number of phenolic OH excluding ortho intramolecular Hbond substituents is 1. The third kappa shape index (κ3) is 4.33. The molecule has 0 spiro atoms. The number of anilines is 1. The Bertz CT molecular complexity index is 1240. The van der Waals surface area contributed by atoms with E-state index < -0.39 is 17.6 Å². The Morgan fingerprint density at radius 2 is 1.85 bits per heavy atom. The molecule has 0 radical (unpaired) electrons. The molecular formula is C25H27FN4O3. The number of aromatic nitrogens is 2. The van der Waals surface area contributed by atoms with E-state index in [-0.39, 0.29) is 30.7 Å². The number of carbonyl (C=O) groups is 2. The molecule has 0 saturated carbocycles. The second-order valence-electron chi connectivity index (χ2n) is 9.32. The Kier molecular flexibility index (Phi) is 5.69. The average molecular weight is 451 g/mol. The van der Waals surface area contributed by atoms with Gasteiger partial charge in [0.1, 0.15) is 17.4 Å². The predicted molar refractivity (Wildman–Crippen MR) is 123 cm³/mol. The third-order valence-electron chi connectivity index (χ3n) is 5.87. The van der Waals surface area contributed by atoms with E-state index in [1.807, 2.05) is 52.0 Å². The van der Waals surface area contributed by atoms with Gasteiger partial charge in [0, 0.05) is 23.6 Å². The molecule has 2 amide bonds. The van der Waals surface area contributed by atoms with Crippen molar-refractivity contribution < 1.29 is 19.1 Å². The van der Waals surface area contributed by atoms with Gasteiger partial charge in [0.25, 0.3) is 0 Å². The molecule has 0 atom stereocenters. The molecule has 7 nitrogen and oxygen atoms in total. The number of fused-ring (bicyclic) bond motifs is 1. The minimum Gasteiger partial charge on any atom is -0.508 e. The Hall–Kier alpha value is -3.68. The second kappa shape index (κ2) is 8.35. The van der Waals surface area contributed by atoms with Gasteiger partial charge in [-0.15, -0.1) is 0 Å². The van der Waals surface area contributed by atoms with E-state index in [0.29, 0.717) is 16.9 Å². The van der Waals surface area contributed by atoms with Gasteiger partial charge >= 0.3 is 11.8 Å². The van der Waals surface area contributed by atoms with Crippen molar-refractivity contribution in [1.82, 2.24) is 14.7 Å². The first kappa shape index (κ1) is 22.5. The van der Waals surface area contributed by atoms with Crippen LogP contribution in [0.15, 0.2) is 42.5 Å². The van der Waals surface area contributed by atoms with Gasteiger partial charge in [-0.3, -0.25) is 9.59 Å². The van der Waals surface area contributed by atoms with E-state index in [0.717, 1.165) is 16.9 Å². The van der Waals surface area contributed by atoms with Crippen molar-refractivity contribution in [3.05, 3.63) is 70.7 Å². The maximum atomic E-state index is 14.1. The molecule has 2 heterocycles. The maximum absolute atomic E-state index is 14.1. The molecule has 0 unspecified atom stereocenters. The molecule has 0 aliphatic carbocycles. The van der Waals surface area contributed by atoms with Crippen LogP contribution in [0.25, 0.3) is 5.69 Å². The zero-order valence-corrected chi connectivity index (χ0v) is 19.1. The monoisotopic (exact) mass is 450 g/mol. The Labute approximate surface area is 191 Å². The topological polar surface area (TPSA) is 87.5 Å². The van der Waals surface area contributed by atoms with Gasteiger partial charge < -0.3 is 15.3 Å². The standard InChI is InChI=1S/C25H27FN4O3/c1-15-7-5-6-8-19(15)30-22(13-21(28-30)25(2,3)4)27-23(32)24(33)29-12-11-16-17(14-29)20(31)10-9-18(16)26/h5-10,13,31H,11-12,14H2,1-4H3,(H,27,32). The average Bonchev–Trinajstić information content (AvgIpc) is 3.20. The lowest BCUT2D eigenvalue weighted by atomic mass is 9.92. The number of aromatic hydroxyl groups is 1.